The molecule has 116 valence electrons. The molecule has 5 nitrogen and oxygen atoms in total. The standard InChI is InChI=1S/C16H25N3O2/c1-12(2)11-19(13-7-8-13)9-10-21-15-6-4-3-5-14(15)16(20)18-17/h3-6,12-13H,7-11,17H2,1-2H3,(H,18,20). The summed E-state index contributed by atoms with van der Waals surface area (Å²) < 4.78 is 5.79. The Bertz CT molecular complexity index is 472. The van der Waals surface area contributed by atoms with E-state index < -0.39 is 0 Å². The van der Waals surface area contributed by atoms with Gasteiger partial charge in [0.2, 0.25) is 0 Å². The molecule has 3 N–H and O–H groups in total. The lowest BCUT2D eigenvalue weighted by atomic mass is 10.2. The molecule has 21 heavy (non-hydrogen) atoms. The van der Waals surface area contributed by atoms with Crippen molar-refractivity contribution in [2.75, 3.05) is 19.7 Å². The van der Waals surface area contributed by atoms with E-state index in [0.29, 0.717) is 23.8 Å². The van der Waals surface area contributed by atoms with Gasteiger partial charge in [-0.15, -0.1) is 0 Å². The molecular formula is C16H25N3O2. The third-order valence-corrected chi connectivity index (χ3v) is 3.56. The minimum absolute atomic E-state index is 0.327. The second-order valence-electron chi connectivity index (χ2n) is 5.94. The van der Waals surface area contributed by atoms with Gasteiger partial charge in [0.15, 0.2) is 0 Å². The number of carbonyl (C=O) groups excluding carboxylic acids is 1. The number of hydrazine groups is 1. The number of amides is 1. The first-order chi connectivity index (χ1) is 10.1. The maximum atomic E-state index is 11.7. The summed E-state index contributed by atoms with van der Waals surface area (Å²) >= 11 is 0. The van der Waals surface area contributed by atoms with Crippen LogP contribution < -0.4 is 16.0 Å². The van der Waals surface area contributed by atoms with Crippen LogP contribution in [0.2, 0.25) is 0 Å². The summed E-state index contributed by atoms with van der Waals surface area (Å²) in [5, 5.41) is 0. The monoisotopic (exact) mass is 291 g/mol. The number of carbonyl (C=O) groups is 1. The Hall–Kier alpha value is -1.59. The number of para-hydroxylation sites is 1. The summed E-state index contributed by atoms with van der Waals surface area (Å²) in [6, 6.07) is 7.89. The van der Waals surface area contributed by atoms with E-state index in [-0.39, 0.29) is 5.91 Å². The molecule has 1 aromatic carbocycles. The predicted octanol–water partition coefficient (Wildman–Crippen LogP) is 1.79. The molecule has 0 aliphatic heterocycles. The van der Waals surface area contributed by atoms with Gasteiger partial charge in [0, 0.05) is 19.1 Å². The van der Waals surface area contributed by atoms with Crippen molar-refractivity contribution in [1.29, 1.82) is 0 Å². The van der Waals surface area contributed by atoms with Gasteiger partial charge in [0.05, 0.1) is 5.56 Å². The summed E-state index contributed by atoms with van der Waals surface area (Å²) in [5.41, 5.74) is 2.62. The fourth-order valence-corrected chi connectivity index (χ4v) is 2.46. The van der Waals surface area contributed by atoms with Gasteiger partial charge >= 0.3 is 0 Å². The number of nitrogens with zero attached hydrogens (tertiary/aromatic N) is 1. The Morgan fingerprint density at radius 3 is 2.76 bits per heavy atom. The largest absolute Gasteiger partial charge is 0.491 e. The van der Waals surface area contributed by atoms with Crippen molar-refractivity contribution in [3.63, 3.8) is 0 Å². The minimum atomic E-state index is -0.327. The van der Waals surface area contributed by atoms with Gasteiger partial charge in [0.1, 0.15) is 12.4 Å². The molecule has 0 unspecified atom stereocenters. The number of nitrogen functional groups attached to an aromatic ring is 1. The van der Waals surface area contributed by atoms with Crippen LogP contribution in [0.3, 0.4) is 0 Å². The van der Waals surface area contributed by atoms with Crippen LogP contribution in [0, 0.1) is 5.92 Å². The number of nitrogens with one attached hydrogen (secondary N) is 1. The van der Waals surface area contributed by atoms with Gasteiger partial charge in [0.25, 0.3) is 5.91 Å². The molecule has 0 spiro atoms. The van der Waals surface area contributed by atoms with E-state index >= 15 is 0 Å². The highest BCUT2D eigenvalue weighted by Crippen LogP contribution is 2.27. The van der Waals surface area contributed by atoms with E-state index in [1.807, 2.05) is 6.07 Å². The van der Waals surface area contributed by atoms with Gasteiger partial charge in [-0.25, -0.2) is 5.84 Å². The van der Waals surface area contributed by atoms with Crippen LogP contribution in [0.1, 0.15) is 37.0 Å². The topological polar surface area (TPSA) is 67.6 Å². The highest BCUT2D eigenvalue weighted by molar-refractivity contribution is 5.96. The first-order valence-electron chi connectivity index (χ1n) is 7.58. The summed E-state index contributed by atoms with van der Waals surface area (Å²) in [6.45, 7) is 7.03. The Kier molecular flexibility index (Phi) is 5.59. The van der Waals surface area contributed by atoms with E-state index in [0.717, 1.165) is 19.1 Å². The maximum Gasteiger partial charge on any atom is 0.268 e. The summed E-state index contributed by atoms with van der Waals surface area (Å²) in [7, 11) is 0. The molecule has 0 heterocycles. The van der Waals surface area contributed by atoms with Crippen molar-refractivity contribution in [2.24, 2.45) is 11.8 Å². The van der Waals surface area contributed by atoms with Crippen LogP contribution in [0.5, 0.6) is 5.75 Å². The number of ether oxygens (including phenoxy) is 1. The first kappa shape index (κ1) is 15.8. The molecule has 0 radical (unpaired) electrons. The third kappa shape index (κ3) is 4.72. The zero-order valence-corrected chi connectivity index (χ0v) is 12.8. The molecule has 0 bridgehead atoms. The molecule has 0 aromatic heterocycles. The Morgan fingerprint density at radius 2 is 2.14 bits per heavy atom. The molecule has 5 heteroatoms. The highest BCUT2D eigenvalue weighted by Gasteiger charge is 2.28. The van der Waals surface area contributed by atoms with E-state index in [1.165, 1.54) is 12.8 Å². The van der Waals surface area contributed by atoms with Crippen molar-refractivity contribution >= 4 is 5.91 Å². The van der Waals surface area contributed by atoms with Crippen LogP contribution in [0.4, 0.5) is 0 Å². The number of nitrogens with two attached hydrogens (primary N) is 1. The predicted molar refractivity (Wildman–Crippen MR) is 83.0 cm³/mol. The van der Waals surface area contributed by atoms with Gasteiger partial charge in [-0.2, -0.15) is 0 Å². The molecule has 1 fully saturated rings. The lowest BCUT2D eigenvalue weighted by Crippen LogP contribution is -2.34. The molecule has 1 aliphatic rings. The lowest BCUT2D eigenvalue weighted by Gasteiger charge is -2.24. The maximum absolute atomic E-state index is 11.7. The number of hydrogen-bond acceptors (Lipinski definition) is 4. The van der Waals surface area contributed by atoms with Gasteiger partial charge in [-0.1, -0.05) is 26.0 Å². The fourth-order valence-electron chi connectivity index (χ4n) is 2.46. The SMILES string of the molecule is CC(C)CN(CCOc1ccccc1C(=O)NN)C1CC1. The Labute approximate surface area is 126 Å². The molecule has 1 aliphatic carbocycles. The molecule has 0 atom stereocenters. The first-order valence-corrected chi connectivity index (χ1v) is 7.58. The summed E-state index contributed by atoms with van der Waals surface area (Å²) in [5.74, 6) is 6.10. The van der Waals surface area contributed by atoms with Gasteiger partial charge in [-0.3, -0.25) is 15.1 Å². The van der Waals surface area contributed by atoms with Crippen LogP contribution >= 0.6 is 0 Å². The highest BCUT2D eigenvalue weighted by atomic mass is 16.5. The third-order valence-electron chi connectivity index (χ3n) is 3.56. The number of benzene rings is 1. The van der Waals surface area contributed by atoms with Crippen LogP contribution in [0.25, 0.3) is 0 Å². The average Bonchev–Trinajstić information content (AvgIpc) is 3.30. The average molecular weight is 291 g/mol. The van der Waals surface area contributed by atoms with Gasteiger partial charge < -0.3 is 4.74 Å². The Morgan fingerprint density at radius 1 is 1.43 bits per heavy atom. The van der Waals surface area contributed by atoms with Crippen molar-refractivity contribution in [1.82, 2.24) is 10.3 Å². The molecule has 2 rings (SSSR count). The normalized spacial score (nSPS) is 14.5. The van der Waals surface area contributed by atoms with Crippen molar-refractivity contribution in [3.05, 3.63) is 29.8 Å². The van der Waals surface area contributed by atoms with Crippen LogP contribution in [-0.4, -0.2) is 36.5 Å². The van der Waals surface area contributed by atoms with Crippen molar-refractivity contribution in [3.8, 4) is 5.75 Å². The second-order valence-corrected chi connectivity index (χ2v) is 5.94. The Balaban J connectivity index is 1.89. The zero-order chi connectivity index (χ0) is 15.2. The summed E-state index contributed by atoms with van der Waals surface area (Å²) in [4.78, 5) is 14.2. The van der Waals surface area contributed by atoms with Crippen molar-refractivity contribution in [2.45, 2.75) is 32.7 Å². The molecule has 1 saturated carbocycles. The number of hydrogen-bond donors (Lipinski definition) is 2. The van der Waals surface area contributed by atoms with E-state index in [1.54, 1.807) is 18.2 Å². The van der Waals surface area contributed by atoms with E-state index in [4.69, 9.17) is 10.6 Å². The van der Waals surface area contributed by atoms with Crippen molar-refractivity contribution < 1.29 is 9.53 Å². The summed E-state index contributed by atoms with van der Waals surface area (Å²) in [6.07, 6.45) is 2.58. The number of rotatable bonds is 8. The quantitative estimate of drug-likeness (QED) is 0.435. The molecule has 1 amide bonds. The molecule has 1 aromatic rings. The van der Waals surface area contributed by atoms with E-state index in [2.05, 4.69) is 24.2 Å². The minimum Gasteiger partial charge on any atom is -0.491 e. The zero-order valence-electron chi connectivity index (χ0n) is 12.8. The van der Waals surface area contributed by atoms with Crippen LogP contribution in [-0.2, 0) is 0 Å². The van der Waals surface area contributed by atoms with Crippen LogP contribution in [0.15, 0.2) is 24.3 Å². The van der Waals surface area contributed by atoms with E-state index in [9.17, 15) is 4.79 Å². The molecular weight excluding hydrogens is 266 g/mol. The second kappa shape index (κ2) is 7.43. The smallest absolute Gasteiger partial charge is 0.268 e. The lowest BCUT2D eigenvalue weighted by molar-refractivity contribution is 0.0948. The molecule has 0 saturated heterocycles. The fraction of sp³-hybridized carbons (Fsp3) is 0.562. The van der Waals surface area contributed by atoms with Gasteiger partial charge in [-0.05, 0) is 30.9 Å².